The average Bonchev–Trinajstić information content (AvgIpc) is 3.30. The van der Waals surface area contributed by atoms with Gasteiger partial charge in [0, 0.05) is 25.7 Å². The predicted octanol–water partition coefficient (Wildman–Crippen LogP) is 2.33. The quantitative estimate of drug-likeness (QED) is 0.452. The maximum absolute atomic E-state index is 5.81. The van der Waals surface area contributed by atoms with Crippen molar-refractivity contribution < 1.29 is 4.74 Å². The Morgan fingerprint density at radius 1 is 1.22 bits per heavy atom. The first-order valence-electron chi connectivity index (χ1n) is 9.29. The molecule has 2 unspecified atom stereocenters. The number of hydrogen-bond donors (Lipinski definition) is 2. The second-order valence-corrected chi connectivity index (χ2v) is 7.04. The molecule has 1 fully saturated rings. The van der Waals surface area contributed by atoms with Gasteiger partial charge in [0.15, 0.2) is 5.96 Å². The Morgan fingerprint density at radius 3 is 2.39 bits per heavy atom. The van der Waals surface area contributed by atoms with Crippen LogP contribution in [-0.4, -0.2) is 63.3 Å². The van der Waals surface area contributed by atoms with Crippen LogP contribution in [0.3, 0.4) is 0 Å². The van der Waals surface area contributed by atoms with E-state index in [4.69, 9.17) is 9.73 Å². The number of rotatable bonds is 11. The van der Waals surface area contributed by atoms with Crippen molar-refractivity contribution in [2.24, 2.45) is 16.8 Å². The highest BCUT2D eigenvalue weighted by atomic mass is 16.5. The van der Waals surface area contributed by atoms with Crippen molar-refractivity contribution >= 4 is 5.96 Å². The Balaban J connectivity index is 2.45. The standard InChI is InChI=1S/C18H38N4O/c1-7-19-18(20-12-11-17(14(3)4)23-8-2)21-13-16(22(5)6)15-9-10-15/h14-17H,7-13H2,1-6H3,(H2,19,20,21). The Kier molecular flexibility index (Phi) is 9.56. The van der Waals surface area contributed by atoms with Gasteiger partial charge in [0.1, 0.15) is 0 Å². The van der Waals surface area contributed by atoms with Crippen LogP contribution in [-0.2, 0) is 4.74 Å². The van der Waals surface area contributed by atoms with Gasteiger partial charge in [0.2, 0.25) is 0 Å². The van der Waals surface area contributed by atoms with E-state index in [9.17, 15) is 0 Å². The fraction of sp³-hybridized carbons (Fsp3) is 0.944. The van der Waals surface area contributed by atoms with Crippen LogP contribution in [0.1, 0.15) is 47.0 Å². The number of hydrogen-bond acceptors (Lipinski definition) is 3. The molecule has 0 aromatic rings. The van der Waals surface area contributed by atoms with Gasteiger partial charge in [0.25, 0.3) is 0 Å². The monoisotopic (exact) mass is 326 g/mol. The fourth-order valence-corrected chi connectivity index (χ4v) is 2.90. The lowest BCUT2D eigenvalue weighted by Crippen LogP contribution is -2.41. The number of guanidine groups is 1. The van der Waals surface area contributed by atoms with Gasteiger partial charge < -0.3 is 20.3 Å². The second-order valence-electron chi connectivity index (χ2n) is 7.04. The zero-order chi connectivity index (χ0) is 17.2. The minimum Gasteiger partial charge on any atom is -0.378 e. The lowest BCUT2D eigenvalue weighted by atomic mass is 10.0. The van der Waals surface area contributed by atoms with Gasteiger partial charge in [-0.05, 0) is 59.0 Å². The van der Waals surface area contributed by atoms with Gasteiger partial charge in [-0.3, -0.25) is 4.99 Å². The molecule has 0 aromatic heterocycles. The van der Waals surface area contributed by atoms with Crippen molar-refractivity contribution in [3.8, 4) is 0 Å². The molecule has 0 spiro atoms. The van der Waals surface area contributed by atoms with E-state index >= 15 is 0 Å². The summed E-state index contributed by atoms with van der Waals surface area (Å²) in [4.78, 5) is 7.11. The summed E-state index contributed by atoms with van der Waals surface area (Å²) in [5.41, 5.74) is 0. The van der Waals surface area contributed by atoms with Gasteiger partial charge in [-0.15, -0.1) is 0 Å². The maximum Gasteiger partial charge on any atom is 0.191 e. The number of aliphatic imine (C=N–C) groups is 1. The normalized spacial score (nSPS) is 18.3. The largest absolute Gasteiger partial charge is 0.378 e. The van der Waals surface area contributed by atoms with E-state index in [0.717, 1.165) is 44.5 Å². The molecular formula is C18H38N4O. The molecule has 0 heterocycles. The smallest absolute Gasteiger partial charge is 0.191 e. The molecule has 0 saturated heterocycles. The van der Waals surface area contributed by atoms with E-state index in [1.54, 1.807) is 0 Å². The first-order valence-corrected chi connectivity index (χ1v) is 9.29. The number of nitrogens with zero attached hydrogens (tertiary/aromatic N) is 2. The van der Waals surface area contributed by atoms with Crippen LogP contribution in [0.2, 0.25) is 0 Å². The zero-order valence-corrected chi connectivity index (χ0v) is 16.1. The molecule has 0 aromatic carbocycles. The minimum atomic E-state index is 0.316. The fourth-order valence-electron chi connectivity index (χ4n) is 2.90. The molecule has 0 radical (unpaired) electrons. The minimum absolute atomic E-state index is 0.316. The highest BCUT2D eigenvalue weighted by Gasteiger charge is 2.32. The lowest BCUT2D eigenvalue weighted by molar-refractivity contribution is 0.0258. The molecule has 2 N–H and O–H groups in total. The van der Waals surface area contributed by atoms with Crippen LogP contribution in [0, 0.1) is 11.8 Å². The molecule has 23 heavy (non-hydrogen) atoms. The molecule has 1 aliphatic carbocycles. The molecule has 1 rings (SSSR count). The van der Waals surface area contributed by atoms with E-state index in [2.05, 4.69) is 57.3 Å². The van der Waals surface area contributed by atoms with Gasteiger partial charge in [-0.2, -0.15) is 0 Å². The highest BCUT2D eigenvalue weighted by Crippen LogP contribution is 2.34. The lowest BCUT2D eigenvalue weighted by Gasteiger charge is -2.23. The van der Waals surface area contributed by atoms with Crippen LogP contribution < -0.4 is 10.6 Å². The molecule has 0 bridgehead atoms. The zero-order valence-electron chi connectivity index (χ0n) is 16.1. The summed E-state index contributed by atoms with van der Waals surface area (Å²) >= 11 is 0. The van der Waals surface area contributed by atoms with Gasteiger partial charge in [0.05, 0.1) is 12.6 Å². The van der Waals surface area contributed by atoms with Crippen LogP contribution in [0.15, 0.2) is 4.99 Å². The van der Waals surface area contributed by atoms with E-state index in [-0.39, 0.29) is 0 Å². The van der Waals surface area contributed by atoms with Crippen LogP contribution in [0.25, 0.3) is 0 Å². The SMILES string of the molecule is CCNC(=NCC(C1CC1)N(C)C)NCCC(OCC)C(C)C. The molecule has 136 valence electrons. The Hall–Kier alpha value is -0.810. The number of nitrogens with one attached hydrogen (secondary N) is 2. The van der Waals surface area contributed by atoms with E-state index in [0.29, 0.717) is 18.1 Å². The van der Waals surface area contributed by atoms with Crippen molar-refractivity contribution in [3.05, 3.63) is 0 Å². The third-order valence-corrected chi connectivity index (χ3v) is 4.46. The molecule has 0 amide bonds. The van der Waals surface area contributed by atoms with Gasteiger partial charge >= 0.3 is 0 Å². The Bertz CT molecular complexity index is 338. The van der Waals surface area contributed by atoms with Crippen molar-refractivity contribution in [2.75, 3.05) is 40.3 Å². The molecular weight excluding hydrogens is 288 g/mol. The van der Waals surface area contributed by atoms with Crippen LogP contribution in [0.4, 0.5) is 0 Å². The summed E-state index contributed by atoms with van der Waals surface area (Å²) in [6.45, 7) is 12.0. The Labute approximate surface area is 143 Å². The number of likely N-dealkylation sites (N-methyl/N-ethyl adjacent to an activating group) is 1. The molecule has 1 aliphatic rings. The van der Waals surface area contributed by atoms with Crippen molar-refractivity contribution in [2.45, 2.75) is 59.1 Å². The molecule has 1 saturated carbocycles. The summed E-state index contributed by atoms with van der Waals surface area (Å²) < 4.78 is 5.81. The van der Waals surface area contributed by atoms with Gasteiger partial charge in [-0.25, -0.2) is 0 Å². The summed E-state index contributed by atoms with van der Waals surface area (Å²) in [5, 5.41) is 6.81. The van der Waals surface area contributed by atoms with E-state index in [1.807, 2.05) is 0 Å². The highest BCUT2D eigenvalue weighted by molar-refractivity contribution is 5.79. The third kappa shape index (κ3) is 8.02. The molecule has 5 heteroatoms. The summed E-state index contributed by atoms with van der Waals surface area (Å²) in [6, 6.07) is 0.567. The average molecular weight is 327 g/mol. The Morgan fingerprint density at radius 2 is 1.91 bits per heavy atom. The first-order chi connectivity index (χ1) is 11.0. The molecule has 5 nitrogen and oxygen atoms in total. The van der Waals surface area contributed by atoms with Crippen molar-refractivity contribution in [1.82, 2.24) is 15.5 Å². The van der Waals surface area contributed by atoms with Gasteiger partial charge in [-0.1, -0.05) is 13.8 Å². The van der Waals surface area contributed by atoms with E-state index in [1.165, 1.54) is 12.8 Å². The molecule has 0 aliphatic heterocycles. The third-order valence-electron chi connectivity index (χ3n) is 4.46. The van der Waals surface area contributed by atoms with Crippen molar-refractivity contribution in [3.63, 3.8) is 0 Å². The first kappa shape index (κ1) is 20.2. The maximum atomic E-state index is 5.81. The topological polar surface area (TPSA) is 48.9 Å². The summed E-state index contributed by atoms with van der Waals surface area (Å²) in [5.74, 6) is 2.31. The van der Waals surface area contributed by atoms with Crippen LogP contribution in [0.5, 0.6) is 0 Å². The van der Waals surface area contributed by atoms with E-state index < -0.39 is 0 Å². The summed E-state index contributed by atoms with van der Waals surface area (Å²) in [7, 11) is 4.32. The second kappa shape index (κ2) is 10.9. The summed E-state index contributed by atoms with van der Waals surface area (Å²) in [6.07, 6.45) is 4.03. The number of ether oxygens (including phenoxy) is 1. The van der Waals surface area contributed by atoms with Crippen molar-refractivity contribution in [1.29, 1.82) is 0 Å². The molecule has 2 atom stereocenters. The predicted molar refractivity (Wildman–Crippen MR) is 99.0 cm³/mol. The van der Waals surface area contributed by atoms with Crippen LogP contribution >= 0.6 is 0 Å².